The topological polar surface area (TPSA) is 84.5 Å². The van der Waals surface area contributed by atoms with Crippen molar-refractivity contribution in [3.63, 3.8) is 0 Å². The SMILES string of the molecule is CC(=O)Oc1cccc(C(=O)Nc2cccc(CNC(=O)C(c3ccccc3)c3ccccc3)c2)c1. The Labute approximate surface area is 209 Å². The second kappa shape index (κ2) is 11.6. The monoisotopic (exact) mass is 478 g/mol. The molecule has 0 heterocycles. The van der Waals surface area contributed by atoms with Gasteiger partial charge in [0.25, 0.3) is 5.91 Å². The summed E-state index contributed by atoms with van der Waals surface area (Å²) in [4.78, 5) is 37.2. The number of amides is 2. The molecule has 0 aliphatic heterocycles. The Kier molecular flexibility index (Phi) is 7.88. The fourth-order valence-corrected chi connectivity index (χ4v) is 3.91. The minimum absolute atomic E-state index is 0.107. The van der Waals surface area contributed by atoms with Gasteiger partial charge in [0, 0.05) is 24.7 Å². The molecule has 2 amide bonds. The highest BCUT2D eigenvalue weighted by Gasteiger charge is 2.22. The van der Waals surface area contributed by atoms with Crippen molar-refractivity contribution in [1.29, 1.82) is 0 Å². The lowest BCUT2D eigenvalue weighted by molar-refractivity contribution is -0.131. The van der Waals surface area contributed by atoms with E-state index in [9.17, 15) is 14.4 Å². The van der Waals surface area contributed by atoms with Gasteiger partial charge in [-0.2, -0.15) is 0 Å². The average Bonchev–Trinajstić information content (AvgIpc) is 2.89. The molecule has 0 bridgehead atoms. The lowest BCUT2D eigenvalue weighted by Crippen LogP contribution is -2.29. The van der Waals surface area contributed by atoms with Crippen LogP contribution in [0.2, 0.25) is 0 Å². The summed E-state index contributed by atoms with van der Waals surface area (Å²) in [5.41, 5.74) is 3.62. The molecule has 0 aromatic heterocycles. The Morgan fingerprint density at radius 1 is 0.750 bits per heavy atom. The minimum Gasteiger partial charge on any atom is -0.427 e. The zero-order valence-electron chi connectivity index (χ0n) is 19.8. The fourth-order valence-electron chi connectivity index (χ4n) is 3.91. The standard InChI is InChI=1S/C30H26N2O4/c1-21(33)36-27-17-9-15-25(19-27)29(34)32-26-16-8-10-22(18-26)20-31-30(35)28(23-11-4-2-5-12-23)24-13-6-3-7-14-24/h2-19,28H,20H2,1H3,(H,31,35)(H,32,34). The largest absolute Gasteiger partial charge is 0.427 e. The Morgan fingerprint density at radius 2 is 1.39 bits per heavy atom. The first kappa shape index (κ1) is 24.4. The van der Waals surface area contributed by atoms with Gasteiger partial charge in [0.1, 0.15) is 5.75 Å². The number of carbonyl (C=O) groups excluding carboxylic acids is 3. The van der Waals surface area contributed by atoms with Crippen LogP contribution in [-0.4, -0.2) is 17.8 Å². The molecule has 0 aliphatic carbocycles. The predicted octanol–water partition coefficient (Wildman–Crippen LogP) is 5.31. The first-order chi connectivity index (χ1) is 17.5. The number of esters is 1. The van der Waals surface area contributed by atoms with E-state index in [1.54, 1.807) is 24.3 Å². The van der Waals surface area contributed by atoms with Crippen LogP contribution in [0.15, 0.2) is 109 Å². The predicted molar refractivity (Wildman–Crippen MR) is 139 cm³/mol. The summed E-state index contributed by atoms with van der Waals surface area (Å²) in [6.45, 7) is 1.61. The average molecular weight is 479 g/mol. The van der Waals surface area contributed by atoms with Crippen molar-refractivity contribution < 1.29 is 19.1 Å². The van der Waals surface area contributed by atoms with Crippen molar-refractivity contribution in [3.8, 4) is 5.75 Å². The van der Waals surface area contributed by atoms with Gasteiger partial charge in [-0.15, -0.1) is 0 Å². The Hall–Kier alpha value is -4.71. The third kappa shape index (κ3) is 6.45. The van der Waals surface area contributed by atoms with E-state index in [1.807, 2.05) is 78.9 Å². The van der Waals surface area contributed by atoms with Crippen LogP contribution in [0.3, 0.4) is 0 Å². The highest BCUT2D eigenvalue weighted by Crippen LogP contribution is 2.25. The van der Waals surface area contributed by atoms with E-state index >= 15 is 0 Å². The molecule has 0 fully saturated rings. The lowest BCUT2D eigenvalue weighted by atomic mass is 9.90. The molecule has 180 valence electrons. The van der Waals surface area contributed by atoms with Crippen molar-refractivity contribution in [3.05, 3.63) is 131 Å². The van der Waals surface area contributed by atoms with Crippen molar-refractivity contribution >= 4 is 23.5 Å². The van der Waals surface area contributed by atoms with E-state index in [4.69, 9.17) is 4.74 Å². The summed E-state index contributed by atoms with van der Waals surface area (Å²) in [7, 11) is 0. The van der Waals surface area contributed by atoms with Crippen LogP contribution in [0.25, 0.3) is 0 Å². The molecule has 6 nitrogen and oxygen atoms in total. The van der Waals surface area contributed by atoms with Gasteiger partial charge in [0.05, 0.1) is 5.92 Å². The van der Waals surface area contributed by atoms with Crippen molar-refractivity contribution in [2.45, 2.75) is 19.4 Å². The summed E-state index contributed by atoms with van der Waals surface area (Å²) in [6, 6.07) is 33.0. The van der Waals surface area contributed by atoms with Gasteiger partial charge in [0.15, 0.2) is 0 Å². The van der Waals surface area contributed by atoms with E-state index in [2.05, 4.69) is 10.6 Å². The molecule has 0 aliphatic rings. The van der Waals surface area contributed by atoms with Gasteiger partial charge in [-0.05, 0) is 47.0 Å². The van der Waals surface area contributed by atoms with Crippen molar-refractivity contribution in [2.24, 2.45) is 0 Å². The summed E-state index contributed by atoms with van der Waals surface area (Å²) >= 11 is 0. The summed E-state index contributed by atoms with van der Waals surface area (Å²) in [6.07, 6.45) is 0. The van der Waals surface area contributed by atoms with Crippen LogP contribution in [0.5, 0.6) is 5.75 Å². The maximum absolute atomic E-state index is 13.3. The number of hydrogen-bond donors (Lipinski definition) is 2. The molecular formula is C30H26N2O4. The van der Waals surface area contributed by atoms with Gasteiger partial charge in [-0.25, -0.2) is 0 Å². The molecule has 0 saturated carbocycles. The molecule has 0 saturated heterocycles. The molecule has 0 atom stereocenters. The number of carbonyl (C=O) groups is 3. The maximum Gasteiger partial charge on any atom is 0.308 e. The fraction of sp³-hybridized carbons (Fsp3) is 0.100. The van der Waals surface area contributed by atoms with E-state index in [1.165, 1.54) is 13.0 Å². The zero-order valence-corrected chi connectivity index (χ0v) is 19.8. The van der Waals surface area contributed by atoms with Crippen molar-refractivity contribution in [1.82, 2.24) is 5.32 Å². The Bertz CT molecular complexity index is 1310. The first-order valence-corrected chi connectivity index (χ1v) is 11.6. The molecule has 0 radical (unpaired) electrons. The second-order valence-corrected chi connectivity index (χ2v) is 8.25. The highest BCUT2D eigenvalue weighted by molar-refractivity contribution is 6.04. The second-order valence-electron chi connectivity index (χ2n) is 8.25. The lowest BCUT2D eigenvalue weighted by Gasteiger charge is -2.18. The number of anilines is 1. The number of ether oxygens (including phenoxy) is 1. The zero-order chi connectivity index (χ0) is 25.3. The maximum atomic E-state index is 13.3. The van der Waals surface area contributed by atoms with Crippen LogP contribution in [0, 0.1) is 0 Å². The van der Waals surface area contributed by atoms with Gasteiger partial charge in [-0.1, -0.05) is 78.9 Å². The number of hydrogen-bond acceptors (Lipinski definition) is 4. The molecule has 4 aromatic carbocycles. The molecule has 6 heteroatoms. The molecule has 0 spiro atoms. The minimum atomic E-state index is -0.455. The molecule has 4 aromatic rings. The molecule has 36 heavy (non-hydrogen) atoms. The molecular weight excluding hydrogens is 452 g/mol. The van der Waals surface area contributed by atoms with E-state index < -0.39 is 11.9 Å². The Morgan fingerprint density at radius 3 is 2.03 bits per heavy atom. The number of benzene rings is 4. The highest BCUT2D eigenvalue weighted by atomic mass is 16.5. The summed E-state index contributed by atoms with van der Waals surface area (Å²) in [5, 5.41) is 5.88. The van der Waals surface area contributed by atoms with Crippen molar-refractivity contribution in [2.75, 3.05) is 5.32 Å². The summed E-state index contributed by atoms with van der Waals surface area (Å²) < 4.78 is 5.05. The van der Waals surface area contributed by atoms with Gasteiger partial charge >= 0.3 is 5.97 Å². The van der Waals surface area contributed by atoms with Crippen LogP contribution in [0.1, 0.15) is 39.9 Å². The van der Waals surface area contributed by atoms with Gasteiger partial charge in [0.2, 0.25) is 5.91 Å². The Balaban J connectivity index is 1.44. The van der Waals surface area contributed by atoms with Crippen LogP contribution in [0.4, 0.5) is 5.69 Å². The third-order valence-electron chi connectivity index (χ3n) is 5.54. The van der Waals surface area contributed by atoms with Crippen LogP contribution >= 0.6 is 0 Å². The summed E-state index contributed by atoms with van der Waals surface area (Å²) in [5.74, 6) is -1.02. The third-order valence-corrected chi connectivity index (χ3v) is 5.54. The number of nitrogens with one attached hydrogen (secondary N) is 2. The molecule has 0 unspecified atom stereocenters. The van der Waals surface area contributed by atoms with E-state index in [0.717, 1.165) is 16.7 Å². The molecule has 2 N–H and O–H groups in total. The van der Waals surface area contributed by atoms with Crippen LogP contribution < -0.4 is 15.4 Å². The van der Waals surface area contributed by atoms with Gasteiger partial charge in [-0.3, -0.25) is 14.4 Å². The quantitative estimate of drug-likeness (QED) is 0.265. The van der Waals surface area contributed by atoms with E-state index in [-0.39, 0.29) is 11.8 Å². The number of rotatable bonds is 8. The smallest absolute Gasteiger partial charge is 0.308 e. The normalized spacial score (nSPS) is 10.5. The van der Waals surface area contributed by atoms with E-state index in [0.29, 0.717) is 23.5 Å². The van der Waals surface area contributed by atoms with Gasteiger partial charge < -0.3 is 15.4 Å². The first-order valence-electron chi connectivity index (χ1n) is 11.6. The van der Waals surface area contributed by atoms with Crippen LogP contribution in [-0.2, 0) is 16.1 Å². The molecule has 4 rings (SSSR count).